The molecule has 0 bridgehead atoms. The van der Waals surface area contributed by atoms with E-state index < -0.39 is 0 Å². The highest BCUT2D eigenvalue weighted by atomic mass is 16.5. The van der Waals surface area contributed by atoms with Crippen LogP contribution in [0.15, 0.2) is 42.5 Å². The van der Waals surface area contributed by atoms with Crippen molar-refractivity contribution in [3.8, 4) is 0 Å². The van der Waals surface area contributed by atoms with Gasteiger partial charge in [0.2, 0.25) is 0 Å². The maximum absolute atomic E-state index is 5.97. The Balaban J connectivity index is 1.51. The predicted molar refractivity (Wildman–Crippen MR) is 78.8 cm³/mol. The zero-order chi connectivity index (χ0) is 13.1. The van der Waals surface area contributed by atoms with E-state index in [1.54, 1.807) is 0 Å². The molecule has 0 saturated heterocycles. The topological polar surface area (TPSA) is 9.23 Å². The van der Waals surface area contributed by atoms with Crippen LogP contribution in [-0.2, 0) is 11.3 Å². The van der Waals surface area contributed by atoms with Crippen molar-refractivity contribution in [3.63, 3.8) is 0 Å². The molecule has 0 radical (unpaired) electrons. The minimum atomic E-state index is 0.760. The van der Waals surface area contributed by atoms with Crippen molar-refractivity contribution in [1.29, 1.82) is 0 Å². The molecule has 3 atom stereocenters. The second-order valence-electron chi connectivity index (χ2n) is 6.16. The van der Waals surface area contributed by atoms with E-state index in [1.165, 1.54) is 43.2 Å². The summed E-state index contributed by atoms with van der Waals surface area (Å²) in [5, 5.41) is 0. The summed E-state index contributed by atoms with van der Waals surface area (Å²) in [7, 11) is 0. The van der Waals surface area contributed by atoms with Crippen LogP contribution < -0.4 is 0 Å². The second kappa shape index (κ2) is 5.92. The molecule has 0 spiro atoms. The average Bonchev–Trinajstić information content (AvgIpc) is 2.83. The molecule has 1 nitrogen and oxygen atoms in total. The van der Waals surface area contributed by atoms with E-state index in [-0.39, 0.29) is 0 Å². The van der Waals surface area contributed by atoms with E-state index in [0.29, 0.717) is 0 Å². The fourth-order valence-electron chi connectivity index (χ4n) is 3.95. The monoisotopic (exact) mass is 256 g/mol. The summed E-state index contributed by atoms with van der Waals surface area (Å²) in [6.07, 6.45) is 6.69. The number of hydrogen-bond acceptors (Lipinski definition) is 1. The van der Waals surface area contributed by atoms with Gasteiger partial charge in [-0.25, -0.2) is 0 Å². The lowest BCUT2D eigenvalue weighted by molar-refractivity contribution is 0.0411. The number of benzene rings is 1. The lowest BCUT2D eigenvalue weighted by Crippen LogP contribution is -2.28. The Morgan fingerprint density at radius 1 is 1.11 bits per heavy atom. The summed E-state index contributed by atoms with van der Waals surface area (Å²) in [5.74, 6) is 2.43. The molecule has 1 heteroatoms. The van der Waals surface area contributed by atoms with Crippen LogP contribution in [0.5, 0.6) is 0 Å². The Kier molecular flexibility index (Phi) is 4.03. The Morgan fingerprint density at radius 2 is 1.95 bits per heavy atom. The number of allylic oxidation sites excluding steroid dienone is 1. The zero-order valence-corrected chi connectivity index (χ0v) is 11.7. The van der Waals surface area contributed by atoms with Crippen LogP contribution in [0.1, 0.15) is 37.7 Å². The van der Waals surface area contributed by atoms with Crippen LogP contribution in [-0.4, -0.2) is 6.61 Å². The lowest BCUT2D eigenvalue weighted by atomic mass is 9.73. The van der Waals surface area contributed by atoms with Crippen molar-refractivity contribution in [2.24, 2.45) is 17.8 Å². The number of rotatable bonds is 4. The highest BCUT2D eigenvalue weighted by Crippen LogP contribution is 2.47. The molecule has 2 aliphatic carbocycles. The van der Waals surface area contributed by atoms with Crippen molar-refractivity contribution in [2.75, 3.05) is 6.61 Å². The maximum Gasteiger partial charge on any atom is 0.0717 e. The highest BCUT2D eigenvalue weighted by Gasteiger charge is 2.38. The fraction of sp³-hybridized carbons (Fsp3) is 0.556. The van der Waals surface area contributed by atoms with Gasteiger partial charge in [0.25, 0.3) is 0 Å². The molecule has 2 fully saturated rings. The van der Waals surface area contributed by atoms with E-state index in [4.69, 9.17) is 4.74 Å². The van der Waals surface area contributed by atoms with E-state index in [0.717, 1.165) is 31.0 Å². The van der Waals surface area contributed by atoms with Crippen LogP contribution in [0.2, 0.25) is 0 Å². The van der Waals surface area contributed by atoms with Crippen molar-refractivity contribution in [2.45, 2.75) is 38.7 Å². The molecule has 3 rings (SSSR count). The molecule has 1 aromatic carbocycles. The first kappa shape index (κ1) is 12.9. The van der Waals surface area contributed by atoms with Gasteiger partial charge < -0.3 is 4.74 Å². The number of hydrogen-bond donors (Lipinski definition) is 0. The molecule has 2 saturated carbocycles. The summed E-state index contributed by atoms with van der Waals surface area (Å²) in [5.41, 5.74) is 2.79. The third-order valence-corrected chi connectivity index (χ3v) is 4.98. The normalized spacial score (nSPS) is 30.3. The minimum Gasteiger partial charge on any atom is -0.376 e. The molecule has 2 aliphatic rings. The molecule has 0 N–H and O–H groups in total. The van der Waals surface area contributed by atoms with E-state index in [1.807, 2.05) is 0 Å². The summed E-state index contributed by atoms with van der Waals surface area (Å²) in [6, 6.07) is 10.5. The predicted octanol–water partition coefficient (Wildman–Crippen LogP) is 4.59. The van der Waals surface area contributed by atoms with Gasteiger partial charge in [-0.2, -0.15) is 0 Å². The van der Waals surface area contributed by atoms with Gasteiger partial charge in [-0.05, 0) is 49.0 Å². The smallest absolute Gasteiger partial charge is 0.0717 e. The highest BCUT2D eigenvalue weighted by molar-refractivity contribution is 5.13. The molecule has 19 heavy (non-hydrogen) atoms. The van der Waals surface area contributed by atoms with E-state index in [2.05, 4.69) is 36.9 Å². The fourth-order valence-corrected chi connectivity index (χ4v) is 3.95. The van der Waals surface area contributed by atoms with Gasteiger partial charge in [0, 0.05) is 0 Å². The number of fused-ring (bicyclic) bond motifs is 1. The largest absolute Gasteiger partial charge is 0.376 e. The quantitative estimate of drug-likeness (QED) is 0.716. The molecule has 0 aromatic heterocycles. The van der Waals surface area contributed by atoms with Gasteiger partial charge in [-0.1, -0.05) is 48.9 Å². The summed E-state index contributed by atoms with van der Waals surface area (Å²) in [4.78, 5) is 0. The molecule has 0 heterocycles. The maximum atomic E-state index is 5.97. The molecule has 1 aromatic rings. The third kappa shape index (κ3) is 2.92. The Bertz CT molecular complexity index is 423. The van der Waals surface area contributed by atoms with Crippen LogP contribution >= 0.6 is 0 Å². The SMILES string of the molecule is C=C1CC[C@@H]2[C@@H](COCc3ccccc3)CCC[C@H]12. The van der Waals surface area contributed by atoms with Gasteiger partial charge in [-0.3, -0.25) is 0 Å². The van der Waals surface area contributed by atoms with Crippen LogP contribution in [0.3, 0.4) is 0 Å². The molecular formula is C18H24O. The van der Waals surface area contributed by atoms with Gasteiger partial charge >= 0.3 is 0 Å². The zero-order valence-electron chi connectivity index (χ0n) is 11.7. The molecular weight excluding hydrogens is 232 g/mol. The lowest BCUT2D eigenvalue weighted by Gasteiger charge is -2.34. The second-order valence-corrected chi connectivity index (χ2v) is 6.16. The standard InChI is InChI=1S/C18H24O/c1-14-10-11-18-16(8-5-9-17(14)18)13-19-12-15-6-3-2-4-7-15/h2-4,6-7,16-18H,1,5,8-13H2/t16-,17-,18-/m1/s1. The van der Waals surface area contributed by atoms with Crippen molar-refractivity contribution >= 4 is 0 Å². The van der Waals surface area contributed by atoms with Gasteiger partial charge in [-0.15, -0.1) is 0 Å². The summed E-state index contributed by atoms with van der Waals surface area (Å²) >= 11 is 0. The molecule has 0 unspecified atom stereocenters. The average molecular weight is 256 g/mol. The minimum absolute atomic E-state index is 0.760. The Morgan fingerprint density at radius 3 is 2.79 bits per heavy atom. The van der Waals surface area contributed by atoms with Crippen molar-refractivity contribution in [1.82, 2.24) is 0 Å². The van der Waals surface area contributed by atoms with Crippen LogP contribution in [0.25, 0.3) is 0 Å². The molecule has 102 valence electrons. The van der Waals surface area contributed by atoms with Gasteiger partial charge in [0.1, 0.15) is 0 Å². The summed E-state index contributed by atoms with van der Waals surface area (Å²) < 4.78 is 5.97. The molecule has 0 amide bonds. The Hall–Kier alpha value is -1.08. The first-order valence-corrected chi connectivity index (χ1v) is 7.64. The van der Waals surface area contributed by atoms with Gasteiger partial charge in [0.05, 0.1) is 13.2 Å². The Labute approximate surface area is 116 Å². The molecule has 0 aliphatic heterocycles. The van der Waals surface area contributed by atoms with E-state index in [9.17, 15) is 0 Å². The van der Waals surface area contributed by atoms with Crippen molar-refractivity contribution in [3.05, 3.63) is 48.0 Å². The van der Waals surface area contributed by atoms with Crippen LogP contribution in [0, 0.1) is 17.8 Å². The first-order chi connectivity index (χ1) is 9.34. The van der Waals surface area contributed by atoms with E-state index >= 15 is 0 Å². The first-order valence-electron chi connectivity index (χ1n) is 7.64. The number of ether oxygens (including phenoxy) is 1. The van der Waals surface area contributed by atoms with Crippen LogP contribution in [0.4, 0.5) is 0 Å². The van der Waals surface area contributed by atoms with Gasteiger partial charge in [0.15, 0.2) is 0 Å². The summed E-state index contributed by atoms with van der Waals surface area (Å²) in [6.45, 7) is 5.95. The van der Waals surface area contributed by atoms with Crippen molar-refractivity contribution < 1.29 is 4.74 Å². The third-order valence-electron chi connectivity index (χ3n) is 4.98.